The minimum Gasteiger partial charge on any atom is -0.385 e. The molecule has 1 atom stereocenters. The van der Waals surface area contributed by atoms with Crippen molar-refractivity contribution in [2.45, 2.75) is 32.9 Å². The van der Waals surface area contributed by atoms with E-state index < -0.39 is 17.9 Å². The van der Waals surface area contributed by atoms with E-state index in [9.17, 15) is 14.0 Å². The molecule has 2 amide bonds. The lowest BCUT2D eigenvalue weighted by Gasteiger charge is -2.30. The Hall–Kier alpha value is -3.26. The highest BCUT2D eigenvalue weighted by Crippen LogP contribution is 2.22. The summed E-state index contributed by atoms with van der Waals surface area (Å²) in [6.07, 6.45) is 0.579. The largest absolute Gasteiger partial charge is 0.385 e. The summed E-state index contributed by atoms with van der Waals surface area (Å²) in [6, 6.07) is 12.1. The van der Waals surface area contributed by atoms with Gasteiger partial charge in [0.1, 0.15) is 11.6 Å². The van der Waals surface area contributed by atoms with Gasteiger partial charge in [0.2, 0.25) is 0 Å². The molecule has 31 heavy (non-hydrogen) atoms. The van der Waals surface area contributed by atoms with Crippen LogP contribution >= 0.6 is 0 Å². The van der Waals surface area contributed by atoms with Crippen molar-refractivity contribution in [1.29, 1.82) is 0 Å². The number of aromatic nitrogens is 2. The van der Waals surface area contributed by atoms with E-state index in [2.05, 4.69) is 5.32 Å². The molecule has 164 valence electrons. The number of nitrogens with zero attached hydrogens (tertiary/aromatic N) is 3. The minimum atomic E-state index is -0.527. The van der Waals surface area contributed by atoms with Crippen molar-refractivity contribution >= 4 is 22.6 Å². The number of methoxy groups -OCH3 is 1. The molecule has 1 N–H and O–H groups in total. The van der Waals surface area contributed by atoms with Crippen LogP contribution in [-0.2, 0) is 11.3 Å². The van der Waals surface area contributed by atoms with E-state index in [0.717, 1.165) is 0 Å². The highest BCUT2D eigenvalue weighted by Gasteiger charge is 2.26. The number of halogens is 1. The third kappa shape index (κ3) is 4.91. The maximum atomic E-state index is 14.1. The zero-order valence-electron chi connectivity index (χ0n) is 18.0. The van der Waals surface area contributed by atoms with Crippen molar-refractivity contribution in [2.75, 3.05) is 25.6 Å². The number of rotatable bonds is 8. The monoisotopic (exact) mass is 426 g/mol. The van der Waals surface area contributed by atoms with Gasteiger partial charge >= 0.3 is 6.03 Å². The molecule has 0 saturated heterocycles. The predicted octanol–water partition coefficient (Wildman–Crippen LogP) is 4.19. The maximum Gasteiger partial charge on any atom is 0.322 e. The second kappa shape index (κ2) is 10.2. The van der Waals surface area contributed by atoms with Gasteiger partial charge in [0.15, 0.2) is 0 Å². The standard InChI is InChI=1S/C23H27FN4O3/c1-4-27-21(25-19-12-7-5-10-17(19)22(27)29)16(2)28(14-9-15-31-3)23(30)26-20-13-8-6-11-18(20)24/h5-8,10-13,16H,4,9,14-15H2,1-3H3,(H,26,30)/t16-/m0/s1. The number of nitrogens with one attached hydrogen (secondary N) is 1. The fraction of sp³-hybridized carbons (Fsp3) is 0.348. The molecule has 3 aromatic rings. The van der Waals surface area contributed by atoms with Crippen LogP contribution in [0.5, 0.6) is 0 Å². The molecule has 0 aliphatic heterocycles. The summed E-state index contributed by atoms with van der Waals surface area (Å²) in [5.74, 6) is -0.0399. The lowest BCUT2D eigenvalue weighted by molar-refractivity contribution is 0.158. The Morgan fingerprint density at radius 3 is 2.65 bits per heavy atom. The van der Waals surface area contributed by atoms with E-state index in [-0.39, 0.29) is 11.2 Å². The summed E-state index contributed by atoms with van der Waals surface area (Å²) in [5, 5.41) is 3.16. The summed E-state index contributed by atoms with van der Waals surface area (Å²) in [6.45, 7) is 4.90. The molecule has 0 saturated carbocycles. The number of hydrogen-bond donors (Lipinski definition) is 1. The van der Waals surface area contributed by atoms with Gasteiger partial charge in [-0.05, 0) is 44.5 Å². The zero-order valence-corrected chi connectivity index (χ0v) is 18.0. The molecule has 0 bridgehead atoms. The van der Waals surface area contributed by atoms with Crippen LogP contribution in [-0.4, -0.2) is 40.7 Å². The Bertz CT molecular complexity index is 1120. The molecule has 0 aliphatic rings. The molecular formula is C23H27FN4O3. The number of urea groups is 1. The predicted molar refractivity (Wildman–Crippen MR) is 119 cm³/mol. The minimum absolute atomic E-state index is 0.0933. The average Bonchev–Trinajstić information content (AvgIpc) is 2.78. The summed E-state index contributed by atoms with van der Waals surface area (Å²) < 4.78 is 20.8. The van der Waals surface area contributed by atoms with Crippen molar-refractivity contribution in [1.82, 2.24) is 14.5 Å². The number of benzene rings is 2. The molecule has 3 rings (SSSR count). The van der Waals surface area contributed by atoms with Gasteiger partial charge in [0.25, 0.3) is 5.56 Å². The van der Waals surface area contributed by atoms with E-state index in [4.69, 9.17) is 9.72 Å². The SMILES string of the molecule is CCn1c([C@H](C)N(CCCOC)C(=O)Nc2ccccc2F)nc2ccccc2c1=O. The van der Waals surface area contributed by atoms with Gasteiger partial charge in [-0.3, -0.25) is 9.36 Å². The van der Waals surface area contributed by atoms with E-state index in [1.807, 2.05) is 19.9 Å². The van der Waals surface area contributed by atoms with Crippen LogP contribution in [0, 0.1) is 5.82 Å². The molecule has 0 fully saturated rings. The quantitative estimate of drug-likeness (QED) is 0.548. The van der Waals surface area contributed by atoms with Gasteiger partial charge in [0.05, 0.1) is 22.6 Å². The Morgan fingerprint density at radius 2 is 1.94 bits per heavy atom. The van der Waals surface area contributed by atoms with Gasteiger partial charge < -0.3 is 15.0 Å². The van der Waals surface area contributed by atoms with Gasteiger partial charge in [0, 0.05) is 26.8 Å². The Labute approximate surface area is 180 Å². The van der Waals surface area contributed by atoms with Crippen molar-refractivity contribution in [3.63, 3.8) is 0 Å². The van der Waals surface area contributed by atoms with Crippen LogP contribution < -0.4 is 10.9 Å². The van der Waals surface area contributed by atoms with Gasteiger partial charge in [-0.1, -0.05) is 24.3 Å². The zero-order chi connectivity index (χ0) is 22.4. The van der Waals surface area contributed by atoms with Crippen molar-refractivity contribution in [3.8, 4) is 0 Å². The second-order valence-corrected chi connectivity index (χ2v) is 7.16. The number of carbonyl (C=O) groups excluding carboxylic acids is 1. The fourth-order valence-electron chi connectivity index (χ4n) is 3.55. The number of hydrogen-bond acceptors (Lipinski definition) is 4. The van der Waals surface area contributed by atoms with Crippen LogP contribution in [0.1, 0.15) is 32.1 Å². The average molecular weight is 426 g/mol. The smallest absolute Gasteiger partial charge is 0.322 e. The second-order valence-electron chi connectivity index (χ2n) is 7.16. The number of ether oxygens (including phenoxy) is 1. The van der Waals surface area contributed by atoms with Gasteiger partial charge in [-0.15, -0.1) is 0 Å². The Balaban J connectivity index is 1.99. The molecule has 0 unspecified atom stereocenters. The number of amides is 2. The van der Waals surface area contributed by atoms with Crippen LogP contribution in [0.2, 0.25) is 0 Å². The first-order chi connectivity index (χ1) is 15.0. The van der Waals surface area contributed by atoms with Gasteiger partial charge in [-0.25, -0.2) is 14.2 Å². The van der Waals surface area contributed by atoms with E-state index in [1.165, 1.54) is 12.1 Å². The van der Waals surface area contributed by atoms with E-state index >= 15 is 0 Å². The molecular weight excluding hydrogens is 399 g/mol. The molecule has 0 radical (unpaired) electrons. The summed E-state index contributed by atoms with van der Waals surface area (Å²) in [4.78, 5) is 32.4. The summed E-state index contributed by atoms with van der Waals surface area (Å²) in [5.41, 5.74) is 0.516. The van der Waals surface area contributed by atoms with Crippen molar-refractivity contribution in [3.05, 3.63) is 70.5 Å². The third-order valence-corrected chi connectivity index (χ3v) is 5.17. The lowest BCUT2D eigenvalue weighted by atomic mass is 10.2. The topological polar surface area (TPSA) is 76.5 Å². The molecule has 8 heteroatoms. The molecule has 2 aromatic carbocycles. The van der Waals surface area contributed by atoms with Crippen LogP contribution in [0.15, 0.2) is 53.3 Å². The molecule has 7 nitrogen and oxygen atoms in total. The normalized spacial score (nSPS) is 12.0. The first-order valence-corrected chi connectivity index (χ1v) is 10.3. The Kier molecular flexibility index (Phi) is 7.36. The third-order valence-electron chi connectivity index (χ3n) is 5.17. The van der Waals surface area contributed by atoms with Crippen molar-refractivity contribution < 1.29 is 13.9 Å². The first-order valence-electron chi connectivity index (χ1n) is 10.3. The molecule has 1 heterocycles. The number of fused-ring (bicyclic) bond motifs is 1. The highest BCUT2D eigenvalue weighted by atomic mass is 19.1. The molecule has 1 aromatic heterocycles. The van der Waals surface area contributed by atoms with E-state index in [1.54, 1.807) is 46.9 Å². The first kappa shape index (κ1) is 22.4. The number of anilines is 1. The van der Waals surface area contributed by atoms with Gasteiger partial charge in [-0.2, -0.15) is 0 Å². The van der Waals surface area contributed by atoms with E-state index in [0.29, 0.717) is 42.8 Å². The van der Waals surface area contributed by atoms with Crippen LogP contribution in [0.3, 0.4) is 0 Å². The maximum absolute atomic E-state index is 14.1. The number of para-hydroxylation sites is 2. The fourth-order valence-corrected chi connectivity index (χ4v) is 3.55. The van der Waals surface area contributed by atoms with Crippen molar-refractivity contribution in [2.24, 2.45) is 0 Å². The van der Waals surface area contributed by atoms with Crippen LogP contribution in [0.4, 0.5) is 14.9 Å². The summed E-state index contributed by atoms with van der Waals surface area (Å²) >= 11 is 0. The number of carbonyl (C=O) groups is 1. The van der Waals surface area contributed by atoms with Crippen LogP contribution in [0.25, 0.3) is 10.9 Å². The lowest BCUT2D eigenvalue weighted by Crippen LogP contribution is -2.41. The highest BCUT2D eigenvalue weighted by molar-refractivity contribution is 5.89. The molecule has 0 spiro atoms. The summed E-state index contributed by atoms with van der Waals surface area (Å²) in [7, 11) is 1.59. The Morgan fingerprint density at radius 1 is 1.23 bits per heavy atom. The molecule has 0 aliphatic carbocycles.